The maximum Gasteiger partial charge on any atom is 0.0453 e. The minimum atomic E-state index is 0.653. The molecule has 1 nitrogen and oxygen atoms in total. The smallest absolute Gasteiger partial charge is 0.0453 e. The molecule has 0 heterocycles. The molecule has 118 valence electrons. The normalized spacial score (nSPS) is 26.3. The van der Waals surface area contributed by atoms with E-state index in [2.05, 4.69) is 26.1 Å². The van der Waals surface area contributed by atoms with E-state index in [1.165, 1.54) is 24.8 Å². The van der Waals surface area contributed by atoms with Gasteiger partial charge in [0.25, 0.3) is 0 Å². The van der Waals surface area contributed by atoms with E-state index in [1.807, 2.05) is 18.2 Å². The average molecular weight is 328 g/mol. The Hall–Kier alpha value is -0.240. The van der Waals surface area contributed by atoms with Gasteiger partial charge in [0, 0.05) is 16.1 Å². The maximum absolute atomic E-state index is 6.24. The van der Waals surface area contributed by atoms with Crippen molar-refractivity contribution in [2.45, 2.75) is 52.5 Å². The lowest BCUT2D eigenvalue weighted by Crippen LogP contribution is -2.43. The Morgan fingerprint density at radius 3 is 2.67 bits per heavy atom. The molecule has 1 aromatic rings. The molecule has 0 saturated heterocycles. The molecule has 0 aliphatic heterocycles. The molecule has 1 saturated carbocycles. The van der Waals surface area contributed by atoms with E-state index in [0.29, 0.717) is 11.1 Å². The van der Waals surface area contributed by atoms with Gasteiger partial charge in [0.15, 0.2) is 0 Å². The number of benzene rings is 1. The van der Waals surface area contributed by atoms with Crippen molar-refractivity contribution in [1.29, 1.82) is 0 Å². The van der Waals surface area contributed by atoms with Crippen molar-refractivity contribution in [1.82, 2.24) is 5.32 Å². The highest BCUT2D eigenvalue weighted by molar-refractivity contribution is 6.35. The van der Waals surface area contributed by atoms with E-state index in [0.717, 1.165) is 35.7 Å². The molecule has 21 heavy (non-hydrogen) atoms. The molecule has 1 fully saturated rings. The van der Waals surface area contributed by atoms with Gasteiger partial charge in [-0.25, -0.2) is 0 Å². The lowest BCUT2D eigenvalue weighted by Gasteiger charge is -2.38. The summed E-state index contributed by atoms with van der Waals surface area (Å²) in [5.74, 6) is 2.41. The molecule has 0 radical (unpaired) electrons. The molecule has 1 N–H and O–H groups in total. The Morgan fingerprint density at radius 2 is 2.00 bits per heavy atom. The first-order valence-electron chi connectivity index (χ1n) is 8.14. The Kier molecular flexibility index (Phi) is 6.40. The van der Waals surface area contributed by atoms with Crippen LogP contribution in [0.5, 0.6) is 0 Å². The average Bonchev–Trinajstić information content (AvgIpc) is 2.41. The summed E-state index contributed by atoms with van der Waals surface area (Å²) in [6.45, 7) is 8.07. The fraction of sp³-hybridized carbons (Fsp3) is 0.667. The Bertz CT molecular complexity index is 459. The molecule has 2 rings (SSSR count). The fourth-order valence-electron chi connectivity index (χ4n) is 3.55. The van der Waals surface area contributed by atoms with E-state index in [-0.39, 0.29) is 0 Å². The Morgan fingerprint density at radius 1 is 1.24 bits per heavy atom. The summed E-state index contributed by atoms with van der Waals surface area (Å²) >= 11 is 12.2. The van der Waals surface area contributed by atoms with Crippen LogP contribution in [-0.2, 0) is 6.42 Å². The summed E-state index contributed by atoms with van der Waals surface area (Å²) in [5, 5.41) is 5.27. The van der Waals surface area contributed by atoms with Gasteiger partial charge in [-0.3, -0.25) is 0 Å². The molecular formula is C18H27Cl2N. The molecule has 0 bridgehead atoms. The topological polar surface area (TPSA) is 12.0 Å². The largest absolute Gasteiger partial charge is 0.313 e. The van der Waals surface area contributed by atoms with Gasteiger partial charge >= 0.3 is 0 Å². The summed E-state index contributed by atoms with van der Waals surface area (Å²) in [6.07, 6.45) is 5.01. The highest BCUT2D eigenvalue weighted by atomic mass is 35.5. The molecule has 0 aromatic heterocycles. The van der Waals surface area contributed by atoms with Crippen molar-refractivity contribution in [2.75, 3.05) is 6.54 Å². The highest BCUT2D eigenvalue weighted by Gasteiger charge is 2.29. The van der Waals surface area contributed by atoms with Crippen LogP contribution in [0.1, 0.15) is 45.6 Å². The molecule has 0 amide bonds. The Balaban J connectivity index is 1.88. The zero-order valence-electron chi connectivity index (χ0n) is 13.3. The third kappa shape index (κ3) is 4.87. The van der Waals surface area contributed by atoms with Crippen LogP contribution in [0, 0.1) is 17.8 Å². The SMILES string of the molecule is CC1CCC(C(C)C)C(NCCc2ccc(Cl)cc2Cl)C1. The summed E-state index contributed by atoms with van der Waals surface area (Å²) in [5.41, 5.74) is 1.18. The van der Waals surface area contributed by atoms with Crippen LogP contribution in [0.2, 0.25) is 10.0 Å². The van der Waals surface area contributed by atoms with Crippen LogP contribution < -0.4 is 5.32 Å². The van der Waals surface area contributed by atoms with Crippen LogP contribution in [0.25, 0.3) is 0 Å². The molecule has 1 aliphatic rings. The van der Waals surface area contributed by atoms with Gasteiger partial charge in [-0.05, 0) is 61.3 Å². The quantitative estimate of drug-likeness (QED) is 0.743. The maximum atomic E-state index is 6.24. The number of hydrogen-bond acceptors (Lipinski definition) is 1. The minimum Gasteiger partial charge on any atom is -0.313 e. The van der Waals surface area contributed by atoms with Gasteiger partial charge in [0.1, 0.15) is 0 Å². The standard InChI is InChI=1S/C18H27Cl2N/c1-12(2)16-7-4-13(3)10-18(16)21-9-8-14-5-6-15(19)11-17(14)20/h5-6,11-13,16,18,21H,4,7-10H2,1-3H3. The lowest BCUT2D eigenvalue weighted by molar-refractivity contribution is 0.171. The van der Waals surface area contributed by atoms with Gasteiger partial charge in [-0.2, -0.15) is 0 Å². The lowest BCUT2D eigenvalue weighted by atomic mass is 9.74. The van der Waals surface area contributed by atoms with Gasteiger partial charge in [0.2, 0.25) is 0 Å². The number of rotatable bonds is 5. The summed E-state index contributed by atoms with van der Waals surface area (Å²) in [7, 11) is 0. The monoisotopic (exact) mass is 327 g/mol. The predicted molar refractivity (Wildman–Crippen MR) is 93.3 cm³/mol. The first-order chi connectivity index (χ1) is 9.97. The van der Waals surface area contributed by atoms with Crippen molar-refractivity contribution < 1.29 is 0 Å². The van der Waals surface area contributed by atoms with Gasteiger partial charge in [0.05, 0.1) is 0 Å². The second-order valence-electron chi connectivity index (χ2n) is 6.87. The van der Waals surface area contributed by atoms with Crippen LogP contribution in [-0.4, -0.2) is 12.6 Å². The zero-order valence-corrected chi connectivity index (χ0v) is 14.8. The zero-order chi connectivity index (χ0) is 15.4. The fourth-order valence-corrected chi connectivity index (χ4v) is 4.06. The van der Waals surface area contributed by atoms with Gasteiger partial charge < -0.3 is 5.32 Å². The van der Waals surface area contributed by atoms with E-state index >= 15 is 0 Å². The highest BCUT2D eigenvalue weighted by Crippen LogP contribution is 2.33. The van der Waals surface area contributed by atoms with E-state index in [1.54, 1.807) is 0 Å². The summed E-state index contributed by atoms with van der Waals surface area (Å²) < 4.78 is 0. The van der Waals surface area contributed by atoms with Crippen molar-refractivity contribution in [2.24, 2.45) is 17.8 Å². The van der Waals surface area contributed by atoms with Gasteiger partial charge in [-0.15, -0.1) is 0 Å². The first kappa shape index (κ1) is 17.1. The van der Waals surface area contributed by atoms with Crippen molar-refractivity contribution >= 4 is 23.2 Å². The molecule has 3 unspecified atom stereocenters. The number of nitrogens with one attached hydrogen (secondary N) is 1. The second kappa shape index (κ2) is 7.85. The third-order valence-electron chi connectivity index (χ3n) is 4.84. The molecule has 3 heteroatoms. The minimum absolute atomic E-state index is 0.653. The number of hydrogen-bond donors (Lipinski definition) is 1. The van der Waals surface area contributed by atoms with Crippen LogP contribution in [0.4, 0.5) is 0 Å². The third-order valence-corrected chi connectivity index (χ3v) is 5.43. The molecule has 1 aromatic carbocycles. The molecular weight excluding hydrogens is 301 g/mol. The van der Waals surface area contributed by atoms with Crippen LogP contribution in [0.3, 0.4) is 0 Å². The predicted octanol–water partition coefficient (Wildman–Crippen LogP) is 5.59. The van der Waals surface area contributed by atoms with E-state index < -0.39 is 0 Å². The summed E-state index contributed by atoms with van der Waals surface area (Å²) in [6, 6.07) is 6.44. The molecule has 0 spiro atoms. The van der Waals surface area contributed by atoms with Crippen LogP contribution >= 0.6 is 23.2 Å². The number of halogens is 2. The van der Waals surface area contributed by atoms with E-state index in [4.69, 9.17) is 23.2 Å². The van der Waals surface area contributed by atoms with Crippen LogP contribution in [0.15, 0.2) is 18.2 Å². The molecule has 3 atom stereocenters. The summed E-state index contributed by atoms with van der Waals surface area (Å²) in [4.78, 5) is 0. The van der Waals surface area contributed by atoms with Gasteiger partial charge in [-0.1, -0.05) is 56.5 Å². The van der Waals surface area contributed by atoms with Crippen molar-refractivity contribution in [3.8, 4) is 0 Å². The van der Waals surface area contributed by atoms with Crippen molar-refractivity contribution in [3.63, 3.8) is 0 Å². The van der Waals surface area contributed by atoms with Crippen molar-refractivity contribution in [3.05, 3.63) is 33.8 Å². The first-order valence-corrected chi connectivity index (χ1v) is 8.90. The van der Waals surface area contributed by atoms with E-state index in [9.17, 15) is 0 Å². The Labute approximate surface area is 139 Å². The second-order valence-corrected chi connectivity index (χ2v) is 7.72. The molecule has 1 aliphatic carbocycles.